The van der Waals surface area contributed by atoms with E-state index in [2.05, 4.69) is 26.2 Å². The molecule has 1 N–H and O–H groups in total. The van der Waals surface area contributed by atoms with Gasteiger partial charge in [-0.2, -0.15) is 0 Å². The van der Waals surface area contributed by atoms with E-state index in [-0.39, 0.29) is 11.9 Å². The molecule has 0 aliphatic heterocycles. The Morgan fingerprint density at radius 1 is 1.14 bits per heavy atom. The van der Waals surface area contributed by atoms with E-state index in [1.165, 1.54) is 6.07 Å². The number of aromatic nitrogens is 1. The van der Waals surface area contributed by atoms with Gasteiger partial charge >= 0.3 is 0 Å². The van der Waals surface area contributed by atoms with Crippen molar-refractivity contribution in [2.75, 3.05) is 7.05 Å². The molecule has 21 heavy (non-hydrogen) atoms. The van der Waals surface area contributed by atoms with Crippen LogP contribution < -0.4 is 5.32 Å². The van der Waals surface area contributed by atoms with Crippen LogP contribution in [0.1, 0.15) is 17.2 Å². The molecule has 2 nitrogen and oxygen atoms in total. The van der Waals surface area contributed by atoms with Gasteiger partial charge in [-0.05, 0) is 42.3 Å². The zero-order chi connectivity index (χ0) is 14.8. The number of hydrogen-bond donors (Lipinski definition) is 1. The van der Waals surface area contributed by atoms with E-state index in [0.29, 0.717) is 5.56 Å². The predicted octanol–water partition coefficient (Wildman–Crippen LogP) is 4.45. The Bertz CT molecular complexity index is 783. The lowest BCUT2D eigenvalue weighted by atomic mass is 9.94. The monoisotopic (exact) mass is 344 g/mol. The fourth-order valence-electron chi connectivity index (χ4n) is 2.61. The Morgan fingerprint density at radius 2 is 2.00 bits per heavy atom. The van der Waals surface area contributed by atoms with Gasteiger partial charge in [0, 0.05) is 27.8 Å². The molecule has 0 radical (unpaired) electrons. The first-order valence-electron chi connectivity index (χ1n) is 6.65. The first kappa shape index (κ1) is 14.2. The van der Waals surface area contributed by atoms with Crippen LogP contribution in [-0.4, -0.2) is 12.0 Å². The predicted molar refractivity (Wildman–Crippen MR) is 86.7 cm³/mol. The molecule has 0 spiro atoms. The molecule has 1 unspecified atom stereocenters. The Kier molecular flexibility index (Phi) is 3.99. The minimum Gasteiger partial charge on any atom is -0.309 e. The summed E-state index contributed by atoms with van der Waals surface area (Å²) in [7, 11) is 1.84. The van der Waals surface area contributed by atoms with Crippen molar-refractivity contribution in [2.24, 2.45) is 0 Å². The highest BCUT2D eigenvalue weighted by Gasteiger charge is 2.18. The van der Waals surface area contributed by atoms with Crippen molar-refractivity contribution in [1.29, 1.82) is 0 Å². The molecule has 2 aromatic carbocycles. The van der Waals surface area contributed by atoms with Gasteiger partial charge < -0.3 is 5.32 Å². The van der Waals surface area contributed by atoms with Gasteiger partial charge in [-0.15, -0.1) is 0 Å². The van der Waals surface area contributed by atoms with Gasteiger partial charge in [0.15, 0.2) is 0 Å². The summed E-state index contributed by atoms with van der Waals surface area (Å²) in [5.41, 5.74) is 1.66. The normalized spacial score (nSPS) is 12.5. The number of fused-ring (bicyclic) bond motifs is 1. The number of pyridine rings is 1. The SMILES string of the molecule is CNC(c1cc(Br)ccc1F)c1cccc2cnccc12. The lowest BCUT2D eigenvalue weighted by molar-refractivity contribution is 0.577. The van der Waals surface area contributed by atoms with Crippen molar-refractivity contribution in [3.63, 3.8) is 0 Å². The van der Waals surface area contributed by atoms with E-state index >= 15 is 0 Å². The summed E-state index contributed by atoms with van der Waals surface area (Å²) in [6, 6.07) is 12.8. The molecule has 1 heterocycles. The van der Waals surface area contributed by atoms with E-state index in [9.17, 15) is 4.39 Å². The van der Waals surface area contributed by atoms with Crippen LogP contribution in [0, 0.1) is 5.82 Å². The van der Waals surface area contributed by atoms with Crippen molar-refractivity contribution in [3.05, 3.63) is 76.3 Å². The van der Waals surface area contributed by atoms with Crippen molar-refractivity contribution in [1.82, 2.24) is 10.3 Å². The summed E-state index contributed by atoms with van der Waals surface area (Å²) >= 11 is 3.41. The van der Waals surface area contributed by atoms with Crippen LogP contribution in [0.15, 0.2) is 59.3 Å². The molecular weight excluding hydrogens is 331 g/mol. The molecule has 106 valence electrons. The molecule has 0 fully saturated rings. The Labute approximate surface area is 131 Å². The summed E-state index contributed by atoms with van der Waals surface area (Å²) in [4.78, 5) is 4.14. The third-order valence-corrected chi connectivity index (χ3v) is 4.08. The zero-order valence-electron chi connectivity index (χ0n) is 11.5. The van der Waals surface area contributed by atoms with E-state index in [4.69, 9.17) is 0 Å². The number of hydrogen-bond acceptors (Lipinski definition) is 2. The minimum absolute atomic E-state index is 0.214. The molecule has 3 rings (SSSR count). The minimum atomic E-state index is -0.219. The summed E-state index contributed by atoms with van der Waals surface area (Å²) in [6.07, 6.45) is 3.58. The highest BCUT2D eigenvalue weighted by Crippen LogP contribution is 2.31. The quantitative estimate of drug-likeness (QED) is 0.759. The van der Waals surface area contributed by atoms with Gasteiger partial charge in [-0.25, -0.2) is 4.39 Å². The number of rotatable bonds is 3. The van der Waals surface area contributed by atoms with Gasteiger partial charge in [0.2, 0.25) is 0 Å². The maximum atomic E-state index is 14.2. The van der Waals surface area contributed by atoms with Gasteiger partial charge in [0.25, 0.3) is 0 Å². The molecule has 3 aromatic rings. The van der Waals surface area contributed by atoms with Gasteiger partial charge in [0.05, 0.1) is 6.04 Å². The second-order valence-corrected chi connectivity index (χ2v) is 5.75. The molecule has 0 bridgehead atoms. The highest BCUT2D eigenvalue weighted by atomic mass is 79.9. The molecule has 1 aromatic heterocycles. The maximum Gasteiger partial charge on any atom is 0.128 e. The average Bonchev–Trinajstić information content (AvgIpc) is 2.51. The van der Waals surface area contributed by atoms with Gasteiger partial charge in [-0.3, -0.25) is 4.98 Å². The van der Waals surface area contributed by atoms with Crippen molar-refractivity contribution in [3.8, 4) is 0 Å². The topological polar surface area (TPSA) is 24.9 Å². The van der Waals surface area contributed by atoms with E-state index in [1.54, 1.807) is 12.3 Å². The van der Waals surface area contributed by atoms with Crippen LogP contribution in [0.4, 0.5) is 4.39 Å². The second kappa shape index (κ2) is 5.92. The van der Waals surface area contributed by atoms with Gasteiger partial charge in [-0.1, -0.05) is 34.1 Å². The van der Waals surface area contributed by atoms with Crippen molar-refractivity contribution >= 4 is 26.7 Å². The summed E-state index contributed by atoms with van der Waals surface area (Å²) in [6.45, 7) is 0. The van der Waals surface area contributed by atoms with Crippen LogP contribution in [-0.2, 0) is 0 Å². The Hall–Kier alpha value is -1.78. The first-order chi connectivity index (χ1) is 10.2. The molecule has 0 amide bonds. The number of benzene rings is 2. The fraction of sp³-hybridized carbons (Fsp3) is 0.118. The molecular formula is C17H14BrFN2. The maximum absolute atomic E-state index is 14.2. The largest absolute Gasteiger partial charge is 0.309 e. The number of nitrogens with one attached hydrogen (secondary N) is 1. The lowest BCUT2D eigenvalue weighted by Crippen LogP contribution is -2.19. The third-order valence-electron chi connectivity index (χ3n) is 3.58. The molecule has 0 saturated carbocycles. The molecule has 0 aliphatic rings. The summed E-state index contributed by atoms with van der Waals surface area (Å²) in [5.74, 6) is -0.219. The molecule has 1 atom stereocenters. The molecule has 4 heteroatoms. The van der Waals surface area contributed by atoms with Crippen LogP contribution in [0.25, 0.3) is 10.8 Å². The second-order valence-electron chi connectivity index (χ2n) is 4.83. The molecule has 0 saturated heterocycles. The smallest absolute Gasteiger partial charge is 0.128 e. The van der Waals surface area contributed by atoms with Crippen molar-refractivity contribution in [2.45, 2.75) is 6.04 Å². The van der Waals surface area contributed by atoms with Gasteiger partial charge in [0.1, 0.15) is 5.82 Å². The van der Waals surface area contributed by atoms with E-state index in [0.717, 1.165) is 20.8 Å². The van der Waals surface area contributed by atoms with Crippen LogP contribution >= 0.6 is 15.9 Å². The fourth-order valence-corrected chi connectivity index (χ4v) is 2.99. The molecule has 0 aliphatic carbocycles. The lowest BCUT2D eigenvalue weighted by Gasteiger charge is -2.20. The van der Waals surface area contributed by atoms with E-state index in [1.807, 2.05) is 43.6 Å². The van der Waals surface area contributed by atoms with Crippen LogP contribution in [0.2, 0.25) is 0 Å². The third kappa shape index (κ3) is 2.69. The van der Waals surface area contributed by atoms with E-state index < -0.39 is 0 Å². The Balaban J connectivity index is 2.21. The standard InChI is InChI=1S/C17H14BrFN2/c1-20-17(15-9-12(18)5-6-16(15)19)14-4-2-3-11-10-21-8-7-13(11)14/h2-10,17,20H,1H3. The summed E-state index contributed by atoms with van der Waals surface area (Å²) in [5, 5.41) is 5.34. The van der Waals surface area contributed by atoms with Crippen LogP contribution in [0.5, 0.6) is 0 Å². The highest BCUT2D eigenvalue weighted by molar-refractivity contribution is 9.10. The Morgan fingerprint density at radius 3 is 2.81 bits per heavy atom. The summed E-state index contributed by atoms with van der Waals surface area (Å²) < 4.78 is 15.1. The zero-order valence-corrected chi connectivity index (χ0v) is 13.1. The average molecular weight is 345 g/mol. The number of nitrogens with zero attached hydrogens (tertiary/aromatic N) is 1. The first-order valence-corrected chi connectivity index (χ1v) is 7.45. The number of halogens is 2. The van der Waals surface area contributed by atoms with Crippen molar-refractivity contribution < 1.29 is 4.39 Å². The van der Waals surface area contributed by atoms with Crippen LogP contribution in [0.3, 0.4) is 0 Å².